The van der Waals surface area contributed by atoms with Gasteiger partial charge in [-0.3, -0.25) is 4.79 Å². The van der Waals surface area contributed by atoms with E-state index in [1.54, 1.807) is 0 Å². The maximum absolute atomic E-state index is 10.6. The molecule has 16 heavy (non-hydrogen) atoms. The van der Waals surface area contributed by atoms with Gasteiger partial charge in [-0.05, 0) is 13.8 Å². The van der Waals surface area contributed by atoms with Crippen LogP contribution >= 0.6 is 0 Å². The van der Waals surface area contributed by atoms with Crippen molar-refractivity contribution >= 4 is 5.97 Å². The summed E-state index contributed by atoms with van der Waals surface area (Å²) in [6.45, 7) is 6.36. The van der Waals surface area contributed by atoms with Crippen molar-refractivity contribution in [1.29, 1.82) is 0 Å². The minimum atomic E-state index is -0.345. The van der Waals surface area contributed by atoms with Crippen LogP contribution in [0.15, 0.2) is 0 Å². The van der Waals surface area contributed by atoms with Crippen LogP contribution in [0.4, 0.5) is 0 Å². The molecule has 1 atom stereocenters. The van der Waals surface area contributed by atoms with Crippen LogP contribution < -0.4 is 0 Å². The molecular formula is C11H22O5. The summed E-state index contributed by atoms with van der Waals surface area (Å²) in [6.07, 6.45) is 0.175. The third-order valence-electron chi connectivity index (χ3n) is 2.01. The number of aliphatic hydroxyl groups is 1. The number of rotatable bonds is 9. The van der Waals surface area contributed by atoms with Gasteiger partial charge in [-0.25, -0.2) is 0 Å². The monoisotopic (exact) mass is 234 g/mol. The Morgan fingerprint density at radius 3 is 2.19 bits per heavy atom. The number of ether oxygens (including phenoxy) is 3. The Balaban J connectivity index is 3.98. The van der Waals surface area contributed by atoms with Crippen LogP contribution in [-0.2, 0) is 19.0 Å². The largest absolute Gasteiger partial charge is 0.465 e. The number of carbonyl (C=O) groups excluding carboxylic acids is 1. The van der Waals surface area contributed by atoms with E-state index in [0.29, 0.717) is 19.6 Å². The fraction of sp³-hybridized carbons (Fsp3) is 0.909. The first kappa shape index (κ1) is 15.3. The Morgan fingerprint density at radius 1 is 1.25 bits per heavy atom. The highest BCUT2D eigenvalue weighted by Gasteiger charge is 2.17. The quantitative estimate of drug-likeness (QED) is 0.475. The van der Waals surface area contributed by atoms with Gasteiger partial charge in [0, 0.05) is 39.1 Å². The molecule has 0 aromatic rings. The third kappa shape index (κ3) is 7.62. The summed E-state index contributed by atoms with van der Waals surface area (Å²) in [5.41, 5.74) is 0. The van der Waals surface area contributed by atoms with Crippen molar-refractivity contribution in [2.75, 3.05) is 26.4 Å². The number of aliphatic hydroxyl groups excluding tert-OH is 1. The molecular weight excluding hydrogens is 212 g/mol. The SMILES string of the molecule is CCOC(CC(CO)COC(C)=O)OCC. The maximum Gasteiger partial charge on any atom is 0.302 e. The minimum Gasteiger partial charge on any atom is -0.465 e. The molecule has 0 aliphatic rings. The Labute approximate surface area is 96.7 Å². The topological polar surface area (TPSA) is 65.0 Å². The van der Waals surface area contributed by atoms with Crippen molar-refractivity contribution in [3.05, 3.63) is 0 Å². The number of esters is 1. The number of carbonyl (C=O) groups is 1. The van der Waals surface area contributed by atoms with Gasteiger partial charge in [0.05, 0.1) is 6.61 Å². The predicted octanol–water partition coefficient (Wildman–Crippen LogP) is 0.947. The molecule has 0 saturated carbocycles. The fourth-order valence-electron chi connectivity index (χ4n) is 1.26. The first-order valence-electron chi connectivity index (χ1n) is 5.61. The maximum atomic E-state index is 10.6. The van der Waals surface area contributed by atoms with Gasteiger partial charge < -0.3 is 19.3 Å². The first-order chi connectivity index (χ1) is 7.63. The van der Waals surface area contributed by atoms with Crippen molar-refractivity contribution in [2.45, 2.75) is 33.5 Å². The Hall–Kier alpha value is -0.650. The van der Waals surface area contributed by atoms with Gasteiger partial charge in [-0.1, -0.05) is 0 Å². The van der Waals surface area contributed by atoms with Gasteiger partial charge in [0.25, 0.3) is 0 Å². The van der Waals surface area contributed by atoms with Crippen LogP contribution in [0.1, 0.15) is 27.2 Å². The molecule has 0 fully saturated rings. The molecule has 0 aromatic carbocycles. The molecule has 0 spiro atoms. The summed E-state index contributed by atoms with van der Waals surface area (Å²) in [5.74, 6) is -0.491. The normalized spacial score (nSPS) is 12.8. The summed E-state index contributed by atoms with van der Waals surface area (Å²) in [7, 11) is 0. The zero-order valence-electron chi connectivity index (χ0n) is 10.3. The van der Waals surface area contributed by atoms with E-state index >= 15 is 0 Å². The first-order valence-corrected chi connectivity index (χ1v) is 5.61. The lowest BCUT2D eigenvalue weighted by molar-refractivity contribution is -0.157. The summed E-state index contributed by atoms with van der Waals surface area (Å²) in [6, 6.07) is 0. The Morgan fingerprint density at radius 2 is 1.81 bits per heavy atom. The van der Waals surface area contributed by atoms with Crippen LogP contribution in [0.3, 0.4) is 0 Å². The highest BCUT2D eigenvalue weighted by Crippen LogP contribution is 2.11. The molecule has 1 unspecified atom stereocenters. The van der Waals surface area contributed by atoms with Gasteiger partial charge >= 0.3 is 5.97 Å². The van der Waals surface area contributed by atoms with E-state index in [4.69, 9.17) is 19.3 Å². The third-order valence-corrected chi connectivity index (χ3v) is 2.01. The number of hydrogen-bond acceptors (Lipinski definition) is 5. The second kappa shape index (κ2) is 9.57. The zero-order chi connectivity index (χ0) is 12.4. The summed E-state index contributed by atoms with van der Waals surface area (Å²) < 4.78 is 15.5. The summed E-state index contributed by atoms with van der Waals surface area (Å²) >= 11 is 0. The van der Waals surface area contributed by atoms with Crippen molar-refractivity contribution < 1.29 is 24.1 Å². The highest BCUT2D eigenvalue weighted by molar-refractivity contribution is 5.65. The smallest absolute Gasteiger partial charge is 0.302 e. The van der Waals surface area contributed by atoms with Crippen LogP contribution in [-0.4, -0.2) is 43.8 Å². The lowest BCUT2D eigenvalue weighted by atomic mass is 10.1. The van der Waals surface area contributed by atoms with Gasteiger partial charge in [-0.15, -0.1) is 0 Å². The van der Waals surface area contributed by atoms with Crippen LogP contribution in [0.2, 0.25) is 0 Å². The van der Waals surface area contributed by atoms with Crippen molar-refractivity contribution in [2.24, 2.45) is 5.92 Å². The van der Waals surface area contributed by atoms with E-state index in [9.17, 15) is 4.79 Å². The average molecular weight is 234 g/mol. The lowest BCUT2D eigenvalue weighted by Crippen LogP contribution is -2.26. The van der Waals surface area contributed by atoms with Gasteiger partial charge in [0.15, 0.2) is 6.29 Å². The Kier molecular flexibility index (Phi) is 9.18. The van der Waals surface area contributed by atoms with E-state index in [1.807, 2.05) is 13.8 Å². The zero-order valence-corrected chi connectivity index (χ0v) is 10.3. The predicted molar refractivity (Wildman–Crippen MR) is 58.9 cm³/mol. The molecule has 5 heteroatoms. The van der Waals surface area contributed by atoms with Gasteiger partial charge in [0.1, 0.15) is 0 Å². The lowest BCUT2D eigenvalue weighted by Gasteiger charge is -2.21. The molecule has 0 aliphatic carbocycles. The van der Waals surface area contributed by atoms with Gasteiger partial charge in [-0.2, -0.15) is 0 Å². The molecule has 0 radical (unpaired) electrons. The second-order valence-electron chi connectivity index (χ2n) is 3.43. The van der Waals surface area contributed by atoms with Crippen LogP contribution in [0.25, 0.3) is 0 Å². The highest BCUT2D eigenvalue weighted by atomic mass is 16.7. The van der Waals surface area contributed by atoms with Crippen LogP contribution in [0, 0.1) is 5.92 Å². The van der Waals surface area contributed by atoms with Crippen molar-refractivity contribution in [1.82, 2.24) is 0 Å². The minimum absolute atomic E-state index is 0.0517. The fourth-order valence-corrected chi connectivity index (χ4v) is 1.26. The standard InChI is InChI=1S/C11H22O5/c1-4-14-11(15-5-2)6-10(7-12)8-16-9(3)13/h10-12H,4-8H2,1-3H3. The van der Waals surface area contributed by atoms with E-state index in [0.717, 1.165) is 0 Å². The van der Waals surface area contributed by atoms with Gasteiger partial charge in [0.2, 0.25) is 0 Å². The average Bonchev–Trinajstić information content (AvgIpc) is 2.24. The van der Waals surface area contributed by atoms with E-state index in [2.05, 4.69) is 0 Å². The molecule has 0 rings (SSSR count). The molecule has 1 N–H and O–H groups in total. The Bertz CT molecular complexity index is 177. The number of hydrogen-bond donors (Lipinski definition) is 1. The molecule has 0 aromatic heterocycles. The summed E-state index contributed by atoms with van der Waals surface area (Å²) in [4.78, 5) is 10.6. The second-order valence-corrected chi connectivity index (χ2v) is 3.43. The molecule has 5 nitrogen and oxygen atoms in total. The van der Waals surface area contributed by atoms with E-state index in [1.165, 1.54) is 6.92 Å². The van der Waals surface area contributed by atoms with Crippen molar-refractivity contribution in [3.63, 3.8) is 0 Å². The summed E-state index contributed by atoms with van der Waals surface area (Å²) in [5, 5.41) is 9.12. The molecule has 0 saturated heterocycles. The molecule has 0 amide bonds. The van der Waals surface area contributed by atoms with E-state index in [-0.39, 0.29) is 31.4 Å². The van der Waals surface area contributed by atoms with E-state index < -0.39 is 0 Å². The van der Waals surface area contributed by atoms with Crippen LogP contribution in [0.5, 0.6) is 0 Å². The molecule has 0 aliphatic heterocycles. The molecule has 0 heterocycles. The molecule has 96 valence electrons. The van der Waals surface area contributed by atoms with Crippen molar-refractivity contribution in [3.8, 4) is 0 Å². The molecule has 0 bridgehead atoms.